The molecule has 0 spiro atoms. The highest BCUT2D eigenvalue weighted by Gasteiger charge is 2.32. The minimum absolute atomic E-state index is 0.261. The summed E-state index contributed by atoms with van der Waals surface area (Å²) in [7, 11) is 0. The summed E-state index contributed by atoms with van der Waals surface area (Å²) in [6, 6.07) is 5.26. The van der Waals surface area contributed by atoms with Gasteiger partial charge in [-0.05, 0) is 11.6 Å². The number of hydrogen-bond donors (Lipinski definition) is 3. The Kier molecular flexibility index (Phi) is 4.39. The number of aliphatic hydroxyl groups is 2. The van der Waals surface area contributed by atoms with E-state index in [9.17, 15) is 14.6 Å². The number of nitrogens with one attached hydrogen (secondary N) is 1. The van der Waals surface area contributed by atoms with Crippen molar-refractivity contribution >= 4 is 5.69 Å². The normalized spacial score (nSPS) is 23.4. The molecular weight excluding hydrogens is 247 g/mol. The fourth-order valence-electron chi connectivity index (χ4n) is 2.32. The van der Waals surface area contributed by atoms with Crippen LogP contribution in [0.5, 0.6) is 0 Å². The standard InChI is InChI=1S/C14H21FN2O2/c1-9(2)16-6-10-4-3-5-11(15)14(10)17-7-12(18)13(19)8-17/h3-5,9,12-13,16,18-19H,6-8H2,1-2H3. The SMILES string of the molecule is CC(C)NCc1cccc(F)c1N1CC(O)C(O)C1. The zero-order chi connectivity index (χ0) is 14.0. The van der Waals surface area contributed by atoms with Crippen LogP contribution in [-0.2, 0) is 6.54 Å². The number of halogens is 1. The van der Waals surface area contributed by atoms with Crippen molar-refractivity contribution in [2.24, 2.45) is 0 Å². The van der Waals surface area contributed by atoms with E-state index in [-0.39, 0.29) is 18.9 Å². The topological polar surface area (TPSA) is 55.7 Å². The van der Waals surface area contributed by atoms with Gasteiger partial charge in [-0.25, -0.2) is 4.39 Å². The monoisotopic (exact) mass is 268 g/mol. The third-order valence-corrected chi connectivity index (χ3v) is 3.35. The van der Waals surface area contributed by atoms with Gasteiger partial charge in [0.2, 0.25) is 0 Å². The zero-order valence-electron chi connectivity index (χ0n) is 11.3. The Bertz CT molecular complexity index is 429. The maximum Gasteiger partial charge on any atom is 0.146 e. The minimum Gasteiger partial charge on any atom is -0.389 e. The second-order valence-electron chi connectivity index (χ2n) is 5.32. The van der Waals surface area contributed by atoms with Crippen LogP contribution in [0, 0.1) is 5.82 Å². The number of nitrogens with zero attached hydrogens (tertiary/aromatic N) is 1. The molecule has 0 bridgehead atoms. The fourth-order valence-corrected chi connectivity index (χ4v) is 2.32. The van der Waals surface area contributed by atoms with Crippen molar-refractivity contribution in [1.29, 1.82) is 0 Å². The van der Waals surface area contributed by atoms with E-state index in [0.29, 0.717) is 18.3 Å². The second kappa shape index (κ2) is 5.86. The predicted molar refractivity (Wildman–Crippen MR) is 72.6 cm³/mol. The lowest BCUT2D eigenvalue weighted by Gasteiger charge is -2.22. The predicted octanol–water partition coefficient (Wildman–Crippen LogP) is 0.865. The zero-order valence-corrected chi connectivity index (χ0v) is 11.3. The summed E-state index contributed by atoms with van der Waals surface area (Å²) in [4.78, 5) is 1.71. The van der Waals surface area contributed by atoms with E-state index in [1.807, 2.05) is 19.9 Å². The third kappa shape index (κ3) is 3.23. The Balaban J connectivity index is 2.23. The highest BCUT2D eigenvalue weighted by Crippen LogP contribution is 2.28. The van der Waals surface area contributed by atoms with Crippen molar-refractivity contribution < 1.29 is 14.6 Å². The number of para-hydroxylation sites is 1. The smallest absolute Gasteiger partial charge is 0.146 e. The average Bonchev–Trinajstić information content (AvgIpc) is 2.66. The van der Waals surface area contributed by atoms with Gasteiger partial charge >= 0.3 is 0 Å². The largest absolute Gasteiger partial charge is 0.389 e. The van der Waals surface area contributed by atoms with E-state index in [4.69, 9.17) is 0 Å². The van der Waals surface area contributed by atoms with Crippen LogP contribution in [0.25, 0.3) is 0 Å². The first kappa shape index (κ1) is 14.2. The molecule has 1 saturated heterocycles. The minimum atomic E-state index is -0.814. The van der Waals surface area contributed by atoms with Gasteiger partial charge in [0.05, 0.1) is 17.9 Å². The molecule has 2 atom stereocenters. The molecule has 5 heteroatoms. The van der Waals surface area contributed by atoms with Gasteiger partial charge in [-0.2, -0.15) is 0 Å². The summed E-state index contributed by atoms with van der Waals surface area (Å²) in [6.07, 6.45) is -1.63. The molecule has 1 aliphatic rings. The van der Waals surface area contributed by atoms with Crippen LogP contribution in [0.4, 0.5) is 10.1 Å². The lowest BCUT2D eigenvalue weighted by atomic mass is 10.1. The molecule has 2 unspecified atom stereocenters. The van der Waals surface area contributed by atoms with Gasteiger partial charge in [-0.1, -0.05) is 26.0 Å². The molecule has 1 aromatic rings. The summed E-state index contributed by atoms with van der Waals surface area (Å²) in [5, 5.41) is 22.5. The Morgan fingerprint density at radius 3 is 2.53 bits per heavy atom. The Morgan fingerprint density at radius 1 is 1.32 bits per heavy atom. The van der Waals surface area contributed by atoms with E-state index in [0.717, 1.165) is 5.56 Å². The van der Waals surface area contributed by atoms with E-state index in [1.165, 1.54) is 6.07 Å². The van der Waals surface area contributed by atoms with E-state index in [1.54, 1.807) is 11.0 Å². The molecule has 4 nitrogen and oxygen atoms in total. The van der Waals surface area contributed by atoms with E-state index < -0.39 is 12.2 Å². The van der Waals surface area contributed by atoms with Crippen molar-refractivity contribution in [3.8, 4) is 0 Å². The lowest BCUT2D eigenvalue weighted by molar-refractivity contribution is 0.0572. The summed E-state index contributed by atoms with van der Waals surface area (Å²) in [5.41, 5.74) is 1.32. The summed E-state index contributed by atoms with van der Waals surface area (Å²) in [5.74, 6) is -0.315. The highest BCUT2D eigenvalue weighted by atomic mass is 19.1. The number of anilines is 1. The lowest BCUT2D eigenvalue weighted by Crippen LogP contribution is -2.27. The average molecular weight is 268 g/mol. The summed E-state index contributed by atoms with van der Waals surface area (Å²) in [6.45, 7) is 5.14. The molecule has 3 N–H and O–H groups in total. The summed E-state index contributed by atoms with van der Waals surface area (Å²) < 4.78 is 14.0. The van der Waals surface area contributed by atoms with Crippen LogP contribution >= 0.6 is 0 Å². The van der Waals surface area contributed by atoms with Crippen LogP contribution in [0.1, 0.15) is 19.4 Å². The van der Waals surface area contributed by atoms with Gasteiger partial charge in [0, 0.05) is 25.7 Å². The van der Waals surface area contributed by atoms with Crippen LogP contribution in [-0.4, -0.2) is 41.6 Å². The van der Waals surface area contributed by atoms with Crippen molar-refractivity contribution in [2.75, 3.05) is 18.0 Å². The van der Waals surface area contributed by atoms with Gasteiger partial charge in [-0.15, -0.1) is 0 Å². The molecule has 19 heavy (non-hydrogen) atoms. The van der Waals surface area contributed by atoms with Crippen LogP contribution < -0.4 is 10.2 Å². The van der Waals surface area contributed by atoms with Gasteiger partial charge in [-0.3, -0.25) is 0 Å². The molecule has 0 aliphatic carbocycles. The molecule has 1 aromatic carbocycles. The van der Waals surface area contributed by atoms with Crippen LogP contribution in [0.15, 0.2) is 18.2 Å². The number of hydrogen-bond acceptors (Lipinski definition) is 4. The fraction of sp³-hybridized carbons (Fsp3) is 0.571. The van der Waals surface area contributed by atoms with Crippen molar-refractivity contribution in [2.45, 2.75) is 38.6 Å². The molecule has 1 fully saturated rings. The van der Waals surface area contributed by atoms with Gasteiger partial charge in [0.1, 0.15) is 5.82 Å². The molecule has 0 saturated carbocycles. The number of benzene rings is 1. The molecule has 0 aromatic heterocycles. The second-order valence-corrected chi connectivity index (χ2v) is 5.32. The van der Waals surface area contributed by atoms with E-state index in [2.05, 4.69) is 5.32 Å². The van der Waals surface area contributed by atoms with Crippen molar-refractivity contribution in [1.82, 2.24) is 5.32 Å². The van der Waals surface area contributed by atoms with Gasteiger partial charge < -0.3 is 20.4 Å². The molecule has 106 valence electrons. The highest BCUT2D eigenvalue weighted by molar-refractivity contribution is 5.56. The maximum absolute atomic E-state index is 14.0. The third-order valence-electron chi connectivity index (χ3n) is 3.35. The molecule has 2 rings (SSSR count). The Morgan fingerprint density at radius 2 is 1.95 bits per heavy atom. The number of rotatable bonds is 4. The van der Waals surface area contributed by atoms with Crippen LogP contribution in [0.3, 0.4) is 0 Å². The molecule has 1 aliphatic heterocycles. The quantitative estimate of drug-likeness (QED) is 0.758. The van der Waals surface area contributed by atoms with Crippen LogP contribution in [0.2, 0.25) is 0 Å². The van der Waals surface area contributed by atoms with Crippen molar-refractivity contribution in [3.05, 3.63) is 29.6 Å². The first-order chi connectivity index (χ1) is 8.99. The number of aliphatic hydroxyl groups excluding tert-OH is 2. The van der Waals surface area contributed by atoms with E-state index >= 15 is 0 Å². The summed E-state index contributed by atoms with van der Waals surface area (Å²) >= 11 is 0. The van der Waals surface area contributed by atoms with Crippen molar-refractivity contribution in [3.63, 3.8) is 0 Å². The Labute approximate surface area is 112 Å². The Hall–Kier alpha value is -1.17. The van der Waals surface area contributed by atoms with Gasteiger partial charge in [0.25, 0.3) is 0 Å². The molecule has 0 amide bonds. The molecular formula is C14H21FN2O2. The molecule has 0 radical (unpaired) electrons. The maximum atomic E-state index is 14.0. The first-order valence-electron chi connectivity index (χ1n) is 6.61. The molecule has 1 heterocycles. The van der Waals surface area contributed by atoms with Gasteiger partial charge in [0.15, 0.2) is 0 Å². The number of β-amino-alcohol motifs (C(OH)–C–C–N with tert-alkyl or cyclic N) is 2. The first-order valence-corrected chi connectivity index (χ1v) is 6.61.